The van der Waals surface area contributed by atoms with Crippen LogP contribution in [0.5, 0.6) is 5.75 Å². The predicted molar refractivity (Wildman–Crippen MR) is 111 cm³/mol. The zero-order chi connectivity index (χ0) is 17.9. The molecule has 2 fully saturated rings. The van der Waals surface area contributed by atoms with E-state index >= 15 is 0 Å². The van der Waals surface area contributed by atoms with E-state index in [1.807, 2.05) is 0 Å². The summed E-state index contributed by atoms with van der Waals surface area (Å²) in [5.74, 6) is 4.28. The van der Waals surface area contributed by atoms with Crippen LogP contribution in [0.4, 0.5) is 0 Å². The molecule has 0 aromatic heterocycles. The molecule has 0 bridgehead atoms. The van der Waals surface area contributed by atoms with Crippen molar-refractivity contribution in [2.75, 3.05) is 18.1 Å². The zero-order valence-corrected chi connectivity index (χ0v) is 16.6. The topological polar surface area (TPSA) is 26.3 Å². The largest absolute Gasteiger partial charge is 0.492 e. The molecule has 2 aromatic carbocycles. The second-order valence-corrected chi connectivity index (χ2v) is 9.99. The van der Waals surface area contributed by atoms with Crippen molar-refractivity contribution >= 4 is 27.5 Å². The summed E-state index contributed by atoms with van der Waals surface area (Å²) in [5.41, 5.74) is 0.782. The average Bonchev–Trinajstić information content (AvgIpc) is 3.35. The first-order chi connectivity index (χ1) is 12.7. The van der Waals surface area contributed by atoms with Gasteiger partial charge in [0, 0.05) is 27.7 Å². The zero-order valence-electron chi connectivity index (χ0n) is 15.8. The molecule has 0 spiro atoms. The number of carbonyl (C=O) groups excluding carboxylic acids is 1. The average molecular weight is 370 g/mol. The van der Waals surface area contributed by atoms with Gasteiger partial charge in [-0.3, -0.25) is 4.79 Å². The van der Waals surface area contributed by atoms with Gasteiger partial charge < -0.3 is 4.74 Å². The molecule has 26 heavy (non-hydrogen) atoms. The summed E-state index contributed by atoms with van der Waals surface area (Å²) in [5, 5.41) is 2.42. The molecule has 2 aromatic rings. The standard InChI is InChI=1S/C23H29O2S/c1-17(24)21-16-22(26-14-6-7-15-26)19-10-4-5-11-20(19)23(21)25-13-12-18-8-2-3-9-18/h4-5,10-11,16,18H,2-3,6-9,12-15H2,1H3/q+1. The second kappa shape index (κ2) is 8.04. The molecule has 3 heteroatoms. The van der Waals surface area contributed by atoms with Crippen LogP contribution in [0.25, 0.3) is 10.8 Å². The van der Waals surface area contributed by atoms with Crippen molar-refractivity contribution in [3.05, 3.63) is 35.9 Å². The maximum atomic E-state index is 12.4. The van der Waals surface area contributed by atoms with E-state index in [1.165, 1.54) is 60.3 Å². The van der Waals surface area contributed by atoms with E-state index in [9.17, 15) is 4.79 Å². The van der Waals surface area contributed by atoms with Gasteiger partial charge in [-0.05, 0) is 38.2 Å². The van der Waals surface area contributed by atoms with Crippen molar-refractivity contribution in [1.29, 1.82) is 0 Å². The summed E-state index contributed by atoms with van der Waals surface area (Å²) >= 11 is 0. The van der Waals surface area contributed by atoms with Crippen LogP contribution in [0.3, 0.4) is 0 Å². The lowest BCUT2D eigenvalue weighted by Crippen LogP contribution is -2.10. The summed E-state index contributed by atoms with van der Waals surface area (Å²) in [6.45, 7) is 2.40. The minimum atomic E-state index is 0.121. The van der Waals surface area contributed by atoms with E-state index in [0.29, 0.717) is 0 Å². The third-order valence-corrected chi connectivity index (χ3v) is 8.45. The Morgan fingerprint density at radius 1 is 1.08 bits per heavy atom. The number of hydrogen-bond donors (Lipinski definition) is 0. The van der Waals surface area contributed by atoms with Gasteiger partial charge in [0.05, 0.1) is 12.2 Å². The number of ether oxygens (including phenoxy) is 1. The molecule has 1 aliphatic heterocycles. The van der Waals surface area contributed by atoms with Crippen LogP contribution in [-0.2, 0) is 10.9 Å². The molecule has 138 valence electrons. The predicted octanol–water partition coefficient (Wildman–Crippen LogP) is 5.77. The quantitative estimate of drug-likeness (QED) is 0.477. The molecule has 0 amide bonds. The van der Waals surface area contributed by atoms with Crippen molar-refractivity contribution in [1.82, 2.24) is 0 Å². The third-order valence-electron chi connectivity index (χ3n) is 5.93. The lowest BCUT2D eigenvalue weighted by atomic mass is 10.0. The Labute approximate surface area is 159 Å². The highest BCUT2D eigenvalue weighted by molar-refractivity contribution is 7.97. The van der Waals surface area contributed by atoms with Crippen molar-refractivity contribution in [3.63, 3.8) is 0 Å². The molecule has 1 saturated carbocycles. The van der Waals surface area contributed by atoms with Crippen LogP contribution in [0.15, 0.2) is 35.2 Å². The molecule has 1 heterocycles. The molecule has 2 nitrogen and oxygen atoms in total. The van der Waals surface area contributed by atoms with Gasteiger partial charge in [0.25, 0.3) is 0 Å². The van der Waals surface area contributed by atoms with Crippen molar-refractivity contribution < 1.29 is 9.53 Å². The number of benzene rings is 2. The van der Waals surface area contributed by atoms with Crippen molar-refractivity contribution in [2.24, 2.45) is 5.92 Å². The van der Waals surface area contributed by atoms with Crippen LogP contribution < -0.4 is 4.74 Å². The number of rotatable bonds is 6. The number of Topliss-reactive ketones (excluding diaryl/α,β-unsaturated/α-hetero) is 1. The van der Waals surface area contributed by atoms with E-state index in [-0.39, 0.29) is 16.7 Å². The smallest absolute Gasteiger partial charge is 0.163 e. The van der Waals surface area contributed by atoms with Crippen LogP contribution >= 0.6 is 0 Å². The molecular weight excluding hydrogens is 340 g/mol. The highest BCUT2D eigenvalue weighted by Crippen LogP contribution is 2.38. The van der Waals surface area contributed by atoms with Crippen molar-refractivity contribution in [2.45, 2.75) is 56.8 Å². The van der Waals surface area contributed by atoms with E-state index in [0.717, 1.165) is 35.6 Å². The summed E-state index contributed by atoms with van der Waals surface area (Å²) in [7, 11) is 0.284. The third kappa shape index (κ3) is 3.64. The van der Waals surface area contributed by atoms with Crippen LogP contribution in [0, 0.1) is 5.92 Å². The maximum Gasteiger partial charge on any atom is 0.163 e. The van der Waals surface area contributed by atoms with Gasteiger partial charge in [-0.2, -0.15) is 0 Å². The fourth-order valence-electron chi connectivity index (χ4n) is 4.47. The van der Waals surface area contributed by atoms with Gasteiger partial charge in [-0.1, -0.05) is 43.9 Å². The molecule has 0 radical (unpaired) electrons. The van der Waals surface area contributed by atoms with Gasteiger partial charge in [-0.15, -0.1) is 0 Å². The number of hydrogen-bond acceptors (Lipinski definition) is 2. The Morgan fingerprint density at radius 2 is 1.77 bits per heavy atom. The van der Waals surface area contributed by atoms with E-state index in [2.05, 4.69) is 30.3 Å². The maximum absolute atomic E-state index is 12.4. The molecule has 1 aliphatic carbocycles. The molecular formula is C23H29O2S+. The molecule has 2 aliphatic rings. The fourth-order valence-corrected chi connectivity index (χ4v) is 7.00. The van der Waals surface area contributed by atoms with Gasteiger partial charge >= 0.3 is 0 Å². The van der Waals surface area contributed by atoms with Gasteiger partial charge in [0.1, 0.15) is 17.3 Å². The molecule has 1 saturated heterocycles. The molecule has 0 N–H and O–H groups in total. The van der Waals surface area contributed by atoms with Gasteiger partial charge in [-0.25, -0.2) is 0 Å². The minimum Gasteiger partial charge on any atom is -0.492 e. The summed E-state index contributed by atoms with van der Waals surface area (Å²) in [6, 6.07) is 10.7. The van der Waals surface area contributed by atoms with Crippen LogP contribution in [-0.4, -0.2) is 23.9 Å². The first-order valence-electron chi connectivity index (χ1n) is 10.1. The first-order valence-corrected chi connectivity index (χ1v) is 11.7. The Hall–Kier alpha value is -1.48. The molecule has 4 rings (SSSR count). The number of carbonyl (C=O) groups is 1. The fraction of sp³-hybridized carbons (Fsp3) is 0.522. The highest BCUT2D eigenvalue weighted by Gasteiger charge is 2.31. The normalized spacial score (nSPS) is 18.7. The van der Waals surface area contributed by atoms with E-state index in [1.54, 1.807) is 6.92 Å². The SMILES string of the molecule is CC(=O)c1cc([S+]2CCCC2)c2ccccc2c1OCCC1CCCC1. The van der Waals surface area contributed by atoms with Gasteiger partial charge in [0.2, 0.25) is 0 Å². The Bertz CT molecular complexity index is 786. The number of fused-ring (bicyclic) bond motifs is 1. The van der Waals surface area contributed by atoms with Crippen molar-refractivity contribution in [3.8, 4) is 5.75 Å². The monoisotopic (exact) mass is 369 g/mol. The number of ketones is 1. The highest BCUT2D eigenvalue weighted by atomic mass is 32.2. The lowest BCUT2D eigenvalue weighted by molar-refractivity contribution is 0.101. The van der Waals surface area contributed by atoms with E-state index in [4.69, 9.17) is 4.74 Å². The summed E-state index contributed by atoms with van der Waals surface area (Å²) in [4.78, 5) is 13.8. The van der Waals surface area contributed by atoms with Crippen LogP contribution in [0.1, 0.15) is 62.2 Å². The Morgan fingerprint density at radius 3 is 2.46 bits per heavy atom. The molecule has 0 unspecified atom stereocenters. The van der Waals surface area contributed by atoms with E-state index < -0.39 is 0 Å². The van der Waals surface area contributed by atoms with Crippen LogP contribution in [0.2, 0.25) is 0 Å². The first kappa shape index (κ1) is 17.9. The van der Waals surface area contributed by atoms with Gasteiger partial charge in [0.15, 0.2) is 10.7 Å². The summed E-state index contributed by atoms with van der Waals surface area (Å²) in [6.07, 6.45) is 9.14. The lowest BCUT2D eigenvalue weighted by Gasteiger charge is -2.16. The molecule has 0 atom stereocenters. The Kier molecular flexibility index (Phi) is 5.54. The Balaban J connectivity index is 1.69. The minimum absolute atomic E-state index is 0.121. The summed E-state index contributed by atoms with van der Waals surface area (Å²) < 4.78 is 6.27. The second-order valence-electron chi connectivity index (χ2n) is 7.75.